The third-order valence-electron chi connectivity index (χ3n) is 5.70. The van der Waals surface area contributed by atoms with Crippen LogP contribution >= 0.6 is 23.5 Å². The van der Waals surface area contributed by atoms with Gasteiger partial charge >= 0.3 is 29.2 Å². The number of phosphoric acid groups is 3. The van der Waals surface area contributed by atoms with Gasteiger partial charge < -0.3 is 34.5 Å². The molecular formula is C16H27N2O15P3. The molecule has 0 radical (unpaired) electrons. The van der Waals surface area contributed by atoms with E-state index in [9.17, 15) is 43.3 Å². The minimum absolute atomic E-state index is 0.196. The zero-order chi connectivity index (χ0) is 26.9. The zero-order valence-corrected chi connectivity index (χ0v) is 21.2. The van der Waals surface area contributed by atoms with E-state index in [1.165, 1.54) is 10.8 Å². The van der Waals surface area contributed by atoms with Gasteiger partial charge in [-0.15, -0.1) is 0 Å². The van der Waals surface area contributed by atoms with E-state index >= 15 is 0 Å². The van der Waals surface area contributed by atoms with Gasteiger partial charge in [-0.25, -0.2) is 18.5 Å². The zero-order valence-electron chi connectivity index (χ0n) is 18.6. The SMILES string of the molecule is O=c1[nH]c(=O)n(CC2CCCCC2)cc1[C@@H]1O[C@H](COP(=O)(O)OP(=O)(O)OP(=O)(O)O)[C@@H](O)[C@H]1O. The summed E-state index contributed by atoms with van der Waals surface area (Å²) in [6, 6.07) is 0. The summed E-state index contributed by atoms with van der Waals surface area (Å²) in [6.45, 7) is -0.707. The average molecular weight is 580 g/mol. The lowest BCUT2D eigenvalue weighted by atomic mass is 9.89. The summed E-state index contributed by atoms with van der Waals surface area (Å²) >= 11 is 0. The minimum atomic E-state index is -5.75. The highest BCUT2D eigenvalue weighted by Gasteiger charge is 2.47. The molecule has 2 unspecified atom stereocenters. The van der Waals surface area contributed by atoms with E-state index in [2.05, 4.69) is 18.1 Å². The van der Waals surface area contributed by atoms with Crippen molar-refractivity contribution in [3.05, 3.63) is 32.6 Å². The Morgan fingerprint density at radius 2 is 1.61 bits per heavy atom. The summed E-state index contributed by atoms with van der Waals surface area (Å²) < 4.78 is 52.2. The molecule has 1 saturated heterocycles. The van der Waals surface area contributed by atoms with Crippen molar-refractivity contribution in [3.63, 3.8) is 0 Å². The molecule has 2 aliphatic rings. The van der Waals surface area contributed by atoms with Gasteiger partial charge in [-0.2, -0.15) is 8.62 Å². The second-order valence-corrected chi connectivity index (χ2v) is 12.9. The van der Waals surface area contributed by atoms with E-state index in [1.807, 2.05) is 0 Å². The number of aromatic nitrogens is 2. The second-order valence-electron chi connectivity index (χ2n) is 8.46. The number of aliphatic hydroxyl groups excluding tert-OH is 2. The Morgan fingerprint density at radius 3 is 2.22 bits per heavy atom. The largest absolute Gasteiger partial charge is 0.490 e. The van der Waals surface area contributed by atoms with Crippen molar-refractivity contribution in [2.45, 2.75) is 63.1 Å². The van der Waals surface area contributed by atoms with E-state index in [4.69, 9.17) is 14.5 Å². The molecule has 7 N–H and O–H groups in total. The summed E-state index contributed by atoms with van der Waals surface area (Å²) in [7, 11) is -16.8. The Labute approximate surface area is 203 Å². The van der Waals surface area contributed by atoms with E-state index in [-0.39, 0.29) is 11.5 Å². The van der Waals surface area contributed by atoms with E-state index < -0.39 is 65.7 Å². The number of hydrogen-bond acceptors (Lipinski definition) is 11. The molecule has 1 aromatic heterocycles. The summed E-state index contributed by atoms with van der Waals surface area (Å²) in [5.74, 6) is 0.215. The highest BCUT2D eigenvalue weighted by Crippen LogP contribution is 2.66. The molecule has 206 valence electrons. The topological polar surface area (TPSA) is 264 Å². The van der Waals surface area contributed by atoms with Crippen LogP contribution in [0.3, 0.4) is 0 Å². The Bertz CT molecular complexity index is 1190. The fourth-order valence-electron chi connectivity index (χ4n) is 4.13. The Kier molecular flexibility index (Phi) is 9.33. The Hall–Kier alpha value is -1.03. The van der Waals surface area contributed by atoms with E-state index in [0.717, 1.165) is 32.1 Å². The van der Waals surface area contributed by atoms with Gasteiger partial charge in [0, 0.05) is 12.7 Å². The standard InChI is InChI=1S/C16H27N2O15P3/c19-12-11(8-30-35(26,27)33-36(28,29)32-34(23,24)25)31-14(13(12)20)10-7-18(16(22)17-15(10)21)6-9-4-2-1-3-5-9/h7,9,11-14,19-20H,1-6,8H2,(H,26,27)(H,28,29)(H,17,21,22)(H2,23,24,25)/t11-,12-,13-,14+/m1/s1. The molecule has 3 rings (SSSR count). The molecule has 0 bridgehead atoms. The van der Waals surface area contributed by atoms with Gasteiger partial charge in [0.2, 0.25) is 0 Å². The highest BCUT2D eigenvalue weighted by atomic mass is 31.3. The number of ether oxygens (including phenoxy) is 1. The molecule has 36 heavy (non-hydrogen) atoms. The maximum absolute atomic E-state index is 12.4. The molecule has 0 aromatic carbocycles. The number of hydrogen-bond donors (Lipinski definition) is 7. The molecule has 1 aromatic rings. The van der Waals surface area contributed by atoms with Crippen LogP contribution in [-0.4, -0.2) is 64.3 Å². The van der Waals surface area contributed by atoms with Gasteiger partial charge in [0.05, 0.1) is 12.2 Å². The van der Waals surface area contributed by atoms with Crippen molar-refractivity contribution in [1.82, 2.24) is 9.55 Å². The third-order valence-corrected chi connectivity index (χ3v) is 9.51. The van der Waals surface area contributed by atoms with Crippen molar-refractivity contribution in [2.24, 2.45) is 5.92 Å². The van der Waals surface area contributed by atoms with Crippen LogP contribution in [0.25, 0.3) is 0 Å². The number of aromatic amines is 1. The van der Waals surface area contributed by atoms with Crippen molar-refractivity contribution in [2.75, 3.05) is 6.61 Å². The van der Waals surface area contributed by atoms with Crippen LogP contribution in [0.1, 0.15) is 43.8 Å². The summed E-state index contributed by atoms with van der Waals surface area (Å²) in [5, 5.41) is 20.7. The molecule has 1 aliphatic carbocycles. The number of phosphoric ester groups is 1. The summed E-state index contributed by atoms with van der Waals surface area (Å²) in [5.41, 5.74) is -1.74. The molecular weight excluding hydrogens is 553 g/mol. The monoisotopic (exact) mass is 580 g/mol. The van der Waals surface area contributed by atoms with Gasteiger partial charge in [0.15, 0.2) is 0 Å². The first-order valence-corrected chi connectivity index (χ1v) is 15.2. The Balaban J connectivity index is 1.70. The maximum atomic E-state index is 12.4. The van der Waals surface area contributed by atoms with Crippen LogP contribution in [0.5, 0.6) is 0 Å². The second kappa shape index (κ2) is 11.4. The summed E-state index contributed by atoms with van der Waals surface area (Å²) in [4.78, 5) is 62.6. The van der Waals surface area contributed by atoms with Crippen LogP contribution in [0.4, 0.5) is 0 Å². The number of nitrogens with one attached hydrogen (secondary N) is 1. The van der Waals surface area contributed by atoms with Crippen LogP contribution in [0, 0.1) is 5.92 Å². The lowest BCUT2D eigenvalue weighted by molar-refractivity contribution is -0.0228. The fourth-order valence-corrected chi connectivity index (χ4v) is 7.16. The molecule has 0 spiro atoms. The van der Waals surface area contributed by atoms with Gasteiger partial charge in [0.1, 0.15) is 24.4 Å². The molecule has 2 fully saturated rings. The van der Waals surface area contributed by atoms with Crippen molar-refractivity contribution < 1.29 is 61.4 Å². The molecule has 0 amide bonds. The van der Waals surface area contributed by atoms with Crippen LogP contribution in [-0.2, 0) is 38.1 Å². The van der Waals surface area contributed by atoms with Crippen LogP contribution in [0.2, 0.25) is 0 Å². The lowest BCUT2D eigenvalue weighted by Crippen LogP contribution is -2.37. The van der Waals surface area contributed by atoms with Crippen LogP contribution in [0.15, 0.2) is 15.8 Å². The number of nitrogens with zero attached hydrogens (tertiary/aromatic N) is 1. The van der Waals surface area contributed by atoms with Crippen molar-refractivity contribution >= 4 is 23.5 Å². The predicted octanol–water partition coefficient (Wildman–Crippen LogP) is -0.378. The molecule has 20 heteroatoms. The number of H-pyrrole nitrogens is 1. The van der Waals surface area contributed by atoms with Gasteiger partial charge in [-0.3, -0.25) is 18.9 Å². The third kappa shape index (κ3) is 7.98. The smallest absolute Gasteiger partial charge is 0.387 e. The first-order valence-electron chi connectivity index (χ1n) is 10.7. The summed E-state index contributed by atoms with van der Waals surface area (Å²) in [6.07, 6.45) is -0.389. The molecule has 1 aliphatic heterocycles. The number of rotatable bonds is 10. The molecule has 2 heterocycles. The minimum Gasteiger partial charge on any atom is -0.387 e. The first-order chi connectivity index (χ1) is 16.6. The van der Waals surface area contributed by atoms with E-state index in [0.29, 0.717) is 6.54 Å². The maximum Gasteiger partial charge on any atom is 0.490 e. The van der Waals surface area contributed by atoms with Gasteiger partial charge in [0.25, 0.3) is 5.56 Å². The first kappa shape index (κ1) is 29.5. The highest BCUT2D eigenvalue weighted by molar-refractivity contribution is 7.66. The molecule has 1 saturated carbocycles. The van der Waals surface area contributed by atoms with Gasteiger partial charge in [-0.1, -0.05) is 19.3 Å². The van der Waals surface area contributed by atoms with Gasteiger partial charge in [-0.05, 0) is 18.8 Å². The van der Waals surface area contributed by atoms with Crippen LogP contribution < -0.4 is 11.2 Å². The lowest BCUT2D eigenvalue weighted by Gasteiger charge is -2.23. The van der Waals surface area contributed by atoms with Crippen molar-refractivity contribution in [3.8, 4) is 0 Å². The van der Waals surface area contributed by atoms with E-state index in [1.54, 1.807) is 0 Å². The molecule has 17 nitrogen and oxygen atoms in total. The van der Waals surface area contributed by atoms with Crippen molar-refractivity contribution in [1.29, 1.82) is 0 Å². The predicted molar refractivity (Wildman–Crippen MR) is 117 cm³/mol. The normalized spacial score (nSPS) is 29.1. The quantitative estimate of drug-likeness (QED) is 0.174. The fraction of sp³-hybridized carbons (Fsp3) is 0.750. The molecule has 6 atom stereocenters. The average Bonchev–Trinajstić information content (AvgIpc) is 3.01. The Morgan fingerprint density at radius 1 is 0.972 bits per heavy atom. The number of aliphatic hydroxyl groups is 2.